The highest BCUT2D eigenvalue weighted by molar-refractivity contribution is 5.75. The van der Waals surface area contributed by atoms with Crippen LogP contribution in [0.4, 0.5) is 4.79 Å². The zero-order chi connectivity index (χ0) is 20.4. The van der Waals surface area contributed by atoms with Crippen molar-refractivity contribution in [2.75, 3.05) is 26.2 Å². The number of aliphatic carboxylic acids is 1. The molecule has 8 nitrogen and oxygen atoms in total. The zero-order valence-electron chi connectivity index (χ0n) is 16.8. The number of carbonyl (C=O) groups excluding carboxylic acids is 1. The largest absolute Gasteiger partial charge is 0.480 e. The molecule has 1 saturated carbocycles. The van der Waals surface area contributed by atoms with Gasteiger partial charge in [0.15, 0.2) is 0 Å². The van der Waals surface area contributed by atoms with Crippen LogP contribution in [0.3, 0.4) is 0 Å². The number of urea groups is 1. The molecule has 2 amide bonds. The lowest BCUT2D eigenvalue weighted by atomic mass is 9.85. The van der Waals surface area contributed by atoms with Gasteiger partial charge in [0.2, 0.25) is 0 Å². The number of hydrogen-bond donors (Lipinski definition) is 3. The van der Waals surface area contributed by atoms with Gasteiger partial charge in [-0.25, -0.2) is 9.78 Å². The summed E-state index contributed by atoms with van der Waals surface area (Å²) in [6, 6.07) is 8.44. The molecule has 2 aromatic rings. The van der Waals surface area contributed by atoms with E-state index in [4.69, 9.17) is 10.1 Å². The standard InChI is InChI=1S/C21H29N5O3/c1-2-25(13-19(27)28)16-11-15(12-16)22-21(29)26-9-7-14(8-10-26)20-23-17-5-3-4-6-18(17)24-20/h3-6,14-16H,2,7-13H2,1H3,(H,22,29)(H,23,24)(H,27,28). The van der Waals surface area contributed by atoms with Crippen LogP contribution in [-0.2, 0) is 4.79 Å². The van der Waals surface area contributed by atoms with Crippen molar-refractivity contribution >= 4 is 23.0 Å². The van der Waals surface area contributed by atoms with Crippen molar-refractivity contribution in [1.29, 1.82) is 0 Å². The van der Waals surface area contributed by atoms with Crippen molar-refractivity contribution in [2.24, 2.45) is 0 Å². The number of hydrogen-bond acceptors (Lipinski definition) is 4. The maximum atomic E-state index is 12.6. The van der Waals surface area contributed by atoms with E-state index in [0.717, 1.165) is 55.6 Å². The number of imidazole rings is 1. The van der Waals surface area contributed by atoms with Gasteiger partial charge in [-0.3, -0.25) is 9.69 Å². The number of likely N-dealkylation sites (N-methyl/N-ethyl adjacent to an activating group) is 1. The van der Waals surface area contributed by atoms with Crippen molar-refractivity contribution < 1.29 is 14.7 Å². The van der Waals surface area contributed by atoms with E-state index in [1.165, 1.54) is 0 Å². The first-order chi connectivity index (χ1) is 14.0. The van der Waals surface area contributed by atoms with Gasteiger partial charge in [-0.2, -0.15) is 0 Å². The van der Waals surface area contributed by atoms with Gasteiger partial charge in [0.25, 0.3) is 0 Å². The van der Waals surface area contributed by atoms with Crippen molar-refractivity contribution in [3.63, 3.8) is 0 Å². The van der Waals surface area contributed by atoms with Crippen molar-refractivity contribution in [3.8, 4) is 0 Å². The summed E-state index contributed by atoms with van der Waals surface area (Å²) in [5.41, 5.74) is 2.05. The molecule has 1 aromatic heterocycles. The number of likely N-dealkylation sites (tertiary alicyclic amines) is 1. The van der Waals surface area contributed by atoms with E-state index in [2.05, 4.69) is 10.3 Å². The molecular weight excluding hydrogens is 370 g/mol. The summed E-state index contributed by atoms with van der Waals surface area (Å²) < 4.78 is 0. The summed E-state index contributed by atoms with van der Waals surface area (Å²) >= 11 is 0. The molecule has 0 bridgehead atoms. The van der Waals surface area contributed by atoms with Gasteiger partial charge in [-0.05, 0) is 44.4 Å². The van der Waals surface area contributed by atoms with E-state index < -0.39 is 5.97 Å². The molecule has 1 aromatic carbocycles. The smallest absolute Gasteiger partial charge is 0.317 e. The molecule has 1 aliphatic heterocycles. The third-order valence-electron chi connectivity index (χ3n) is 6.28. The van der Waals surface area contributed by atoms with Gasteiger partial charge in [-0.1, -0.05) is 19.1 Å². The maximum Gasteiger partial charge on any atom is 0.317 e. The average molecular weight is 399 g/mol. The second-order valence-corrected chi connectivity index (χ2v) is 8.13. The SMILES string of the molecule is CCN(CC(=O)O)C1CC(NC(=O)N2CCC(c3nc4ccccc4[nH]3)CC2)C1. The van der Waals surface area contributed by atoms with Crippen molar-refractivity contribution in [1.82, 2.24) is 25.1 Å². The minimum absolute atomic E-state index is 0.00205. The normalized spacial score (nSPS) is 22.6. The van der Waals surface area contributed by atoms with Crippen LogP contribution in [0.2, 0.25) is 0 Å². The molecule has 2 heterocycles. The van der Waals surface area contributed by atoms with E-state index in [0.29, 0.717) is 12.5 Å². The molecule has 0 unspecified atom stereocenters. The number of benzene rings is 1. The number of carbonyl (C=O) groups is 2. The number of carboxylic acid groups (broad SMARTS) is 1. The maximum absolute atomic E-state index is 12.6. The lowest BCUT2D eigenvalue weighted by molar-refractivity contribution is -0.139. The predicted octanol–water partition coefficient (Wildman–Crippen LogP) is 2.39. The second-order valence-electron chi connectivity index (χ2n) is 8.13. The summed E-state index contributed by atoms with van der Waals surface area (Å²) in [7, 11) is 0. The highest BCUT2D eigenvalue weighted by Crippen LogP contribution is 2.29. The molecule has 2 fully saturated rings. The second kappa shape index (κ2) is 8.41. The van der Waals surface area contributed by atoms with E-state index >= 15 is 0 Å². The Labute approximate surface area is 170 Å². The molecule has 156 valence electrons. The van der Waals surface area contributed by atoms with Crippen LogP contribution in [0.25, 0.3) is 11.0 Å². The molecule has 3 N–H and O–H groups in total. The van der Waals surface area contributed by atoms with E-state index in [-0.39, 0.29) is 24.7 Å². The monoisotopic (exact) mass is 399 g/mol. The number of fused-ring (bicyclic) bond motifs is 1. The lowest BCUT2D eigenvalue weighted by Gasteiger charge is -2.43. The highest BCUT2D eigenvalue weighted by atomic mass is 16.4. The molecule has 1 aliphatic carbocycles. The minimum atomic E-state index is -0.799. The minimum Gasteiger partial charge on any atom is -0.480 e. The number of aromatic amines is 1. The van der Waals surface area contributed by atoms with Gasteiger partial charge in [0, 0.05) is 31.1 Å². The molecule has 0 spiro atoms. The molecule has 1 saturated heterocycles. The van der Waals surface area contributed by atoms with Crippen LogP contribution in [0.1, 0.15) is 44.3 Å². The molecule has 2 aliphatic rings. The van der Waals surface area contributed by atoms with E-state index in [1.807, 2.05) is 41.0 Å². The Bertz CT molecular complexity index is 835. The number of nitrogens with one attached hydrogen (secondary N) is 2. The summed E-state index contributed by atoms with van der Waals surface area (Å²) in [6.07, 6.45) is 3.45. The number of H-pyrrole nitrogens is 1. The summed E-state index contributed by atoms with van der Waals surface area (Å²) in [6.45, 7) is 4.21. The van der Waals surface area contributed by atoms with Gasteiger partial charge >= 0.3 is 12.0 Å². The fraction of sp³-hybridized carbons (Fsp3) is 0.571. The summed E-state index contributed by atoms with van der Waals surface area (Å²) in [5.74, 6) is 0.575. The van der Waals surface area contributed by atoms with Crippen LogP contribution in [0, 0.1) is 0 Å². The Balaban J connectivity index is 1.23. The lowest BCUT2D eigenvalue weighted by Crippen LogP contribution is -2.57. The fourth-order valence-electron chi connectivity index (χ4n) is 4.46. The van der Waals surface area contributed by atoms with E-state index in [9.17, 15) is 9.59 Å². The molecule has 4 rings (SSSR count). The highest BCUT2D eigenvalue weighted by Gasteiger charge is 2.36. The number of piperidine rings is 1. The number of carboxylic acids is 1. The Hall–Kier alpha value is -2.61. The third kappa shape index (κ3) is 4.37. The molecule has 29 heavy (non-hydrogen) atoms. The number of rotatable bonds is 6. The quantitative estimate of drug-likeness (QED) is 0.692. The number of para-hydroxylation sites is 2. The average Bonchev–Trinajstić information content (AvgIpc) is 3.13. The van der Waals surface area contributed by atoms with Gasteiger partial charge in [0.05, 0.1) is 17.6 Å². The molecular formula is C21H29N5O3. The summed E-state index contributed by atoms with van der Waals surface area (Å²) in [5, 5.41) is 12.1. The molecule has 0 atom stereocenters. The Morgan fingerprint density at radius 2 is 2.00 bits per heavy atom. The van der Waals surface area contributed by atoms with Crippen LogP contribution in [-0.4, -0.2) is 75.1 Å². The van der Waals surface area contributed by atoms with Crippen molar-refractivity contribution in [3.05, 3.63) is 30.1 Å². The topological polar surface area (TPSA) is 102 Å². The van der Waals surface area contributed by atoms with Crippen LogP contribution < -0.4 is 5.32 Å². The first-order valence-electron chi connectivity index (χ1n) is 10.5. The zero-order valence-corrected chi connectivity index (χ0v) is 16.8. The van der Waals surface area contributed by atoms with Gasteiger partial charge in [0.1, 0.15) is 5.82 Å². The number of amides is 2. The third-order valence-corrected chi connectivity index (χ3v) is 6.28. The van der Waals surface area contributed by atoms with Crippen molar-refractivity contribution in [2.45, 2.75) is 50.6 Å². The van der Waals surface area contributed by atoms with Gasteiger partial charge in [-0.15, -0.1) is 0 Å². The van der Waals surface area contributed by atoms with Gasteiger partial charge < -0.3 is 20.3 Å². The number of aromatic nitrogens is 2. The number of nitrogens with zero attached hydrogens (tertiary/aromatic N) is 3. The van der Waals surface area contributed by atoms with Crippen LogP contribution in [0.5, 0.6) is 0 Å². The molecule has 8 heteroatoms. The van der Waals surface area contributed by atoms with E-state index in [1.54, 1.807) is 0 Å². The first kappa shape index (κ1) is 19.7. The predicted molar refractivity (Wildman–Crippen MR) is 110 cm³/mol. The fourth-order valence-corrected chi connectivity index (χ4v) is 4.46. The Kier molecular flexibility index (Phi) is 5.71. The molecule has 0 radical (unpaired) electrons. The van der Waals surface area contributed by atoms with Crippen LogP contribution >= 0.6 is 0 Å². The summed E-state index contributed by atoms with van der Waals surface area (Å²) in [4.78, 5) is 35.5. The Morgan fingerprint density at radius 3 is 2.66 bits per heavy atom. The van der Waals surface area contributed by atoms with Crippen LogP contribution in [0.15, 0.2) is 24.3 Å². The Morgan fingerprint density at radius 1 is 1.28 bits per heavy atom. The first-order valence-corrected chi connectivity index (χ1v) is 10.5.